The molecule has 4 nitrogen and oxygen atoms in total. The number of hydrogen-bond donors (Lipinski definition) is 2. The third-order valence-corrected chi connectivity index (χ3v) is 1.87. The zero-order valence-corrected chi connectivity index (χ0v) is 7.92. The van der Waals surface area contributed by atoms with Crippen molar-refractivity contribution in [2.24, 2.45) is 0 Å². The van der Waals surface area contributed by atoms with Gasteiger partial charge in [-0.2, -0.15) is 13.2 Å². The van der Waals surface area contributed by atoms with Crippen molar-refractivity contribution in [3.63, 3.8) is 0 Å². The van der Waals surface area contributed by atoms with Gasteiger partial charge in [-0.15, -0.1) is 0 Å². The molecule has 0 amide bonds. The molecule has 0 fully saturated rings. The Labute approximate surface area is 90.9 Å². The summed E-state index contributed by atoms with van der Waals surface area (Å²) in [5, 5.41) is 8.48. The predicted molar refractivity (Wildman–Crippen MR) is 45.6 cm³/mol. The number of carbonyl (C=O) groups is 1. The zero-order valence-electron chi connectivity index (χ0n) is 7.92. The smallest absolute Gasteiger partial charge is 0.420 e. The summed E-state index contributed by atoms with van der Waals surface area (Å²) in [6.07, 6.45) is -8.12. The monoisotopic (exact) mass is 256 g/mol. The number of carboxylic acids is 1. The zero-order chi connectivity index (χ0) is 13.4. The van der Waals surface area contributed by atoms with Crippen molar-refractivity contribution >= 4 is 11.7 Å². The molecule has 0 unspecified atom stereocenters. The fourth-order valence-corrected chi connectivity index (χ4v) is 1.16. The minimum atomic E-state index is -5.17. The number of anilines is 1. The lowest BCUT2D eigenvalue weighted by atomic mass is 10.1. The van der Waals surface area contributed by atoms with Crippen LogP contribution in [0.15, 0.2) is 6.20 Å². The van der Waals surface area contributed by atoms with Crippen molar-refractivity contribution < 1.29 is 31.9 Å². The van der Waals surface area contributed by atoms with E-state index < -0.39 is 41.1 Å². The molecule has 1 aromatic heterocycles. The van der Waals surface area contributed by atoms with Gasteiger partial charge in [0, 0.05) is 6.20 Å². The quantitative estimate of drug-likeness (QED) is 0.796. The van der Waals surface area contributed by atoms with Crippen molar-refractivity contribution in [3.05, 3.63) is 23.0 Å². The van der Waals surface area contributed by atoms with E-state index in [1.807, 2.05) is 0 Å². The minimum absolute atomic E-state index is 0.318. The number of nitrogens with two attached hydrogens (primary N) is 1. The first-order valence-electron chi connectivity index (χ1n) is 4.03. The number of nitrogens with zero attached hydrogens (tertiary/aromatic N) is 1. The van der Waals surface area contributed by atoms with E-state index in [4.69, 9.17) is 10.8 Å². The normalized spacial score (nSPS) is 11.9. The van der Waals surface area contributed by atoms with Gasteiger partial charge in [0.2, 0.25) is 0 Å². The second kappa shape index (κ2) is 4.15. The number of carboxylic acid groups (broad SMARTS) is 1. The molecule has 0 aliphatic carbocycles. The minimum Gasteiger partial charge on any atom is -0.476 e. The van der Waals surface area contributed by atoms with E-state index in [9.17, 15) is 26.7 Å². The van der Waals surface area contributed by atoms with Crippen molar-refractivity contribution in [2.75, 3.05) is 5.73 Å². The lowest BCUT2D eigenvalue weighted by molar-refractivity contribution is -0.137. The van der Waals surface area contributed by atoms with E-state index >= 15 is 0 Å². The van der Waals surface area contributed by atoms with Crippen molar-refractivity contribution in [3.8, 4) is 0 Å². The fraction of sp³-hybridized carbons (Fsp3) is 0.250. The molecule has 0 radical (unpaired) electrons. The first-order chi connectivity index (χ1) is 7.66. The standard InChI is InChI=1S/C8H5F5N2O2/c9-6(10)2-1-15-5(7(16)17)3(4(2)14)8(11,12)13/h1,6H,(H2,14,15)(H,16,17). The number of aromatic carboxylic acids is 1. The molecular weight excluding hydrogens is 251 g/mol. The second-order valence-electron chi connectivity index (χ2n) is 2.95. The summed E-state index contributed by atoms with van der Waals surface area (Å²) in [7, 11) is 0. The molecule has 0 saturated heterocycles. The van der Waals surface area contributed by atoms with Gasteiger partial charge in [-0.25, -0.2) is 18.6 Å². The molecule has 1 aromatic rings. The molecule has 17 heavy (non-hydrogen) atoms. The lowest BCUT2D eigenvalue weighted by Crippen LogP contribution is -2.19. The summed E-state index contributed by atoms with van der Waals surface area (Å²) in [6.45, 7) is 0. The summed E-state index contributed by atoms with van der Waals surface area (Å²) < 4.78 is 62.0. The van der Waals surface area contributed by atoms with Crippen LogP contribution in [0.4, 0.5) is 27.6 Å². The molecule has 0 bridgehead atoms. The summed E-state index contributed by atoms with van der Waals surface area (Å²) in [6, 6.07) is 0. The molecule has 0 spiro atoms. The third kappa shape index (κ3) is 2.43. The molecule has 1 rings (SSSR count). The van der Waals surface area contributed by atoms with Gasteiger partial charge in [0.15, 0.2) is 5.69 Å². The van der Waals surface area contributed by atoms with Gasteiger partial charge >= 0.3 is 12.1 Å². The highest BCUT2D eigenvalue weighted by Crippen LogP contribution is 2.39. The van der Waals surface area contributed by atoms with Gasteiger partial charge in [0.05, 0.1) is 11.3 Å². The second-order valence-corrected chi connectivity index (χ2v) is 2.95. The predicted octanol–water partition coefficient (Wildman–Crippen LogP) is 2.32. The van der Waals surface area contributed by atoms with Crippen LogP contribution in [0.25, 0.3) is 0 Å². The summed E-state index contributed by atoms with van der Waals surface area (Å²) >= 11 is 0. The number of aromatic nitrogens is 1. The van der Waals surface area contributed by atoms with Crippen LogP contribution in [0.1, 0.15) is 28.0 Å². The van der Waals surface area contributed by atoms with Crippen LogP contribution in [0.2, 0.25) is 0 Å². The van der Waals surface area contributed by atoms with Gasteiger partial charge < -0.3 is 10.8 Å². The topological polar surface area (TPSA) is 76.2 Å². The highest BCUT2D eigenvalue weighted by molar-refractivity contribution is 5.89. The number of pyridine rings is 1. The van der Waals surface area contributed by atoms with Crippen molar-refractivity contribution in [1.82, 2.24) is 4.98 Å². The van der Waals surface area contributed by atoms with E-state index in [1.165, 1.54) is 0 Å². The first kappa shape index (κ1) is 13.1. The maximum Gasteiger partial charge on any atom is 0.420 e. The Kier molecular flexibility index (Phi) is 3.21. The number of rotatable bonds is 2. The van der Waals surface area contributed by atoms with E-state index in [2.05, 4.69) is 4.98 Å². The Morgan fingerprint density at radius 2 is 1.94 bits per heavy atom. The summed E-state index contributed by atoms with van der Waals surface area (Å²) in [5.41, 5.74) is -0.826. The Hall–Kier alpha value is -1.93. The third-order valence-electron chi connectivity index (χ3n) is 1.87. The Morgan fingerprint density at radius 1 is 1.41 bits per heavy atom. The molecule has 0 aliphatic rings. The molecule has 0 atom stereocenters. The van der Waals surface area contributed by atoms with E-state index in [-0.39, 0.29) is 0 Å². The van der Waals surface area contributed by atoms with Crippen molar-refractivity contribution in [2.45, 2.75) is 12.6 Å². The van der Waals surface area contributed by atoms with Gasteiger partial charge in [0.1, 0.15) is 5.56 Å². The number of halogens is 5. The van der Waals surface area contributed by atoms with E-state index in [0.29, 0.717) is 6.20 Å². The molecule has 3 N–H and O–H groups in total. The van der Waals surface area contributed by atoms with Gasteiger partial charge in [0.25, 0.3) is 6.43 Å². The largest absolute Gasteiger partial charge is 0.476 e. The first-order valence-corrected chi connectivity index (χ1v) is 4.03. The Bertz CT molecular complexity index is 458. The maximum atomic E-state index is 12.5. The SMILES string of the molecule is Nc1c(C(F)F)cnc(C(=O)O)c1C(F)(F)F. The van der Waals surface area contributed by atoms with Crippen LogP contribution in [-0.4, -0.2) is 16.1 Å². The van der Waals surface area contributed by atoms with Crippen LogP contribution in [0.5, 0.6) is 0 Å². The molecule has 1 heterocycles. The molecular formula is C8H5F5N2O2. The van der Waals surface area contributed by atoms with Crippen LogP contribution < -0.4 is 5.73 Å². The highest BCUT2D eigenvalue weighted by Gasteiger charge is 2.40. The average Bonchev–Trinajstić information content (AvgIpc) is 2.14. The lowest BCUT2D eigenvalue weighted by Gasteiger charge is -2.14. The highest BCUT2D eigenvalue weighted by atomic mass is 19.4. The molecule has 0 saturated carbocycles. The van der Waals surface area contributed by atoms with Gasteiger partial charge in [-0.05, 0) is 0 Å². The average molecular weight is 256 g/mol. The Morgan fingerprint density at radius 3 is 2.29 bits per heavy atom. The van der Waals surface area contributed by atoms with E-state index in [0.717, 1.165) is 0 Å². The van der Waals surface area contributed by atoms with Crippen LogP contribution in [0.3, 0.4) is 0 Å². The van der Waals surface area contributed by atoms with Gasteiger partial charge in [-0.1, -0.05) is 0 Å². The summed E-state index contributed by atoms with van der Waals surface area (Å²) in [5.74, 6) is -2.00. The molecule has 0 aliphatic heterocycles. The molecule has 9 heteroatoms. The maximum absolute atomic E-state index is 12.5. The van der Waals surface area contributed by atoms with E-state index in [1.54, 1.807) is 0 Å². The van der Waals surface area contributed by atoms with Crippen LogP contribution in [0, 0.1) is 0 Å². The number of alkyl halides is 5. The number of hydrogen-bond acceptors (Lipinski definition) is 3. The van der Waals surface area contributed by atoms with Crippen LogP contribution >= 0.6 is 0 Å². The summed E-state index contributed by atoms with van der Waals surface area (Å²) in [4.78, 5) is 13.3. The Balaban J connectivity index is 3.60. The number of nitrogen functional groups attached to an aromatic ring is 1. The van der Waals surface area contributed by atoms with Crippen molar-refractivity contribution in [1.29, 1.82) is 0 Å². The van der Waals surface area contributed by atoms with Gasteiger partial charge in [-0.3, -0.25) is 0 Å². The van der Waals surface area contributed by atoms with Crippen LogP contribution in [-0.2, 0) is 6.18 Å². The fourth-order valence-electron chi connectivity index (χ4n) is 1.16. The molecule has 0 aromatic carbocycles. The molecule has 94 valence electrons.